The highest BCUT2D eigenvalue weighted by atomic mass is 16.5. The largest absolute Gasteiger partial charge is 0.492 e. The Morgan fingerprint density at radius 2 is 1.83 bits per heavy atom. The number of ether oxygens (including phenoxy) is 1. The summed E-state index contributed by atoms with van der Waals surface area (Å²) in [7, 11) is 0. The highest BCUT2D eigenvalue weighted by Gasteiger charge is 2.12. The summed E-state index contributed by atoms with van der Waals surface area (Å²) < 4.78 is 5.78. The molecule has 0 saturated heterocycles. The molecule has 0 aliphatic heterocycles. The van der Waals surface area contributed by atoms with Crippen LogP contribution >= 0.6 is 0 Å². The monoisotopic (exact) mass is 250 g/mol. The molecule has 1 rings (SSSR count). The van der Waals surface area contributed by atoms with E-state index in [0.717, 1.165) is 17.9 Å². The first-order valence-electron chi connectivity index (χ1n) is 6.72. The van der Waals surface area contributed by atoms with E-state index in [0.29, 0.717) is 25.2 Å². The first kappa shape index (κ1) is 15.0. The van der Waals surface area contributed by atoms with Gasteiger partial charge in [0.2, 0.25) is 0 Å². The number of rotatable bonds is 7. The summed E-state index contributed by atoms with van der Waals surface area (Å²) in [6, 6.07) is 9.08. The van der Waals surface area contributed by atoms with Gasteiger partial charge in [-0.05, 0) is 45.4 Å². The Balaban J connectivity index is 2.44. The lowest BCUT2D eigenvalue weighted by molar-refractivity contribution is 0.142. The van der Waals surface area contributed by atoms with Gasteiger partial charge in [-0.15, -0.1) is 0 Å². The maximum absolute atomic E-state index is 5.78. The molecule has 0 aliphatic rings. The second-order valence-corrected chi connectivity index (χ2v) is 5.13. The van der Waals surface area contributed by atoms with Crippen LogP contribution in [0.2, 0.25) is 0 Å². The Hall–Kier alpha value is -1.06. The summed E-state index contributed by atoms with van der Waals surface area (Å²) >= 11 is 0. The van der Waals surface area contributed by atoms with Gasteiger partial charge in [0.25, 0.3) is 0 Å². The van der Waals surface area contributed by atoms with Crippen LogP contribution < -0.4 is 10.5 Å². The van der Waals surface area contributed by atoms with E-state index in [1.54, 1.807) is 0 Å². The number of hydrogen-bond donors (Lipinski definition) is 1. The van der Waals surface area contributed by atoms with Gasteiger partial charge >= 0.3 is 0 Å². The Morgan fingerprint density at radius 1 is 1.17 bits per heavy atom. The van der Waals surface area contributed by atoms with Crippen molar-refractivity contribution in [3.63, 3.8) is 0 Å². The van der Waals surface area contributed by atoms with E-state index in [9.17, 15) is 0 Å². The van der Waals surface area contributed by atoms with Crippen LogP contribution in [-0.2, 0) is 6.54 Å². The molecular weight excluding hydrogens is 224 g/mol. The summed E-state index contributed by atoms with van der Waals surface area (Å²) in [5.41, 5.74) is 6.72. The summed E-state index contributed by atoms with van der Waals surface area (Å²) in [5, 5.41) is 0. The molecule has 0 aliphatic carbocycles. The molecule has 0 bridgehead atoms. The van der Waals surface area contributed by atoms with Crippen molar-refractivity contribution in [1.82, 2.24) is 4.90 Å². The highest BCUT2D eigenvalue weighted by molar-refractivity contribution is 5.28. The van der Waals surface area contributed by atoms with E-state index >= 15 is 0 Å². The third-order valence-electron chi connectivity index (χ3n) is 3.08. The van der Waals surface area contributed by atoms with Crippen molar-refractivity contribution in [3.8, 4) is 5.75 Å². The quantitative estimate of drug-likeness (QED) is 0.808. The van der Waals surface area contributed by atoms with E-state index in [1.807, 2.05) is 24.3 Å². The van der Waals surface area contributed by atoms with Crippen LogP contribution in [0.5, 0.6) is 5.75 Å². The van der Waals surface area contributed by atoms with Crippen molar-refractivity contribution < 1.29 is 4.74 Å². The van der Waals surface area contributed by atoms with E-state index in [2.05, 4.69) is 32.6 Å². The number of benzene rings is 1. The van der Waals surface area contributed by atoms with Gasteiger partial charge in [-0.1, -0.05) is 12.1 Å². The number of nitrogens with zero attached hydrogens (tertiary/aromatic N) is 1. The molecule has 1 aromatic carbocycles. The van der Waals surface area contributed by atoms with Gasteiger partial charge in [-0.25, -0.2) is 0 Å². The van der Waals surface area contributed by atoms with Gasteiger partial charge in [0.05, 0.1) is 0 Å². The average Bonchev–Trinajstić information content (AvgIpc) is 2.34. The summed E-state index contributed by atoms with van der Waals surface area (Å²) in [4.78, 5) is 2.42. The zero-order chi connectivity index (χ0) is 13.5. The molecule has 0 fully saturated rings. The predicted molar refractivity (Wildman–Crippen MR) is 76.8 cm³/mol. The third-order valence-corrected chi connectivity index (χ3v) is 3.08. The van der Waals surface area contributed by atoms with Gasteiger partial charge < -0.3 is 10.5 Å². The molecule has 0 unspecified atom stereocenters. The summed E-state index contributed by atoms with van der Waals surface area (Å²) in [6.07, 6.45) is 0. The lowest BCUT2D eigenvalue weighted by Crippen LogP contribution is -2.39. The Kier molecular flexibility index (Phi) is 6.16. The van der Waals surface area contributed by atoms with E-state index in [4.69, 9.17) is 10.5 Å². The fourth-order valence-electron chi connectivity index (χ4n) is 2.14. The first-order valence-corrected chi connectivity index (χ1v) is 6.72. The van der Waals surface area contributed by atoms with Crippen molar-refractivity contribution in [2.24, 2.45) is 5.73 Å². The van der Waals surface area contributed by atoms with Gasteiger partial charge in [0.1, 0.15) is 12.4 Å². The molecule has 3 heteroatoms. The molecular formula is C15H26N2O. The molecule has 2 N–H and O–H groups in total. The fraction of sp³-hybridized carbons (Fsp3) is 0.600. The topological polar surface area (TPSA) is 38.5 Å². The lowest BCUT2D eigenvalue weighted by Gasteiger charge is -2.30. The minimum absolute atomic E-state index is 0.545. The molecule has 0 atom stereocenters. The molecule has 0 aromatic heterocycles. The molecule has 0 saturated carbocycles. The standard InChI is InChI=1S/C15H26N2O/c1-12(2)17(13(3)4)8-9-18-15-7-5-6-14(10-15)11-16/h5-7,10,12-13H,8-9,11,16H2,1-4H3. The number of nitrogens with two attached hydrogens (primary N) is 1. The normalized spacial score (nSPS) is 11.6. The predicted octanol–water partition coefficient (Wildman–Crippen LogP) is 2.64. The van der Waals surface area contributed by atoms with Crippen LogP contribution in [0.25, 0.3) is 0 Å². The van der Waals surface area contributed by atoms with Crippen molar-refractivity contribution >= 4 is 0 Å². The SMILES string of the molecule is CC(C)N(CCOc1cccc(CN)c1)C(C)C. The molecule has 1 aromatic rings. The number of hydrogen-bond acceptors (Lipinski definition) is 3. The summed E-state index contributed by atoms with van der Waals surface area (Å²) in [6.45, 7) is 11.1. The molecule has 0 radical (unpaired) electrons. The maximum atomic E-state index is 5.78. The van der Waals surface area contributed by atoms with Gasteiger partial charge in [0.15, 0.2) is 0 Å². The van der Waals surface area contributed by atoms with Crippen molar-refractivity contribution in [1.29, 1.82) is 0 Å². The first-order chi connectivity index (χ1) is 8.54. The van der Waals surface area contributed by atoms with Crippen LogP contribution in [0.15, 0.2) is 24.3 Å². The second kappa shape index (κ2) is 7.39. The van der Waals surface area contributed by atoms with Crippen LogP contribution in [0, 0.1) is 0 Å². The zero-order valence-electron chi connectivity index (χ0n) is 12.0. The maximum Gasteiger partial charge on any atom is 0.119 e. The second-order valence-electron chi connectivity index (χ2n) is 5.13. The zero-order valence-corrected chi connectivity index (χ0v) is 12.0. The highest BCUT2D eigenvalue weighted by Crippen LogP contribution is 2.13. The van der Waals surface area contributed by atoms with Crippen LogP contribution in [0.1, 0.15) is 33.3 Å². The van der Waals surface area contributed by atoms with Gasteiger partial charge in [-0.2, -0.15) is 0 Å². The van der Waals surface area contributed by atoms with Crippen molar-refractivity contribution in [2.75, 3.05) is 13.2 Å². The lowest BCUT2D eigenvalue weighted by atomic mass is 10.2. The van der Waals surface area contributed by atoms with Gasteiger partial charge in [-0.3, -0.25) is 4.90 Å². The van der Waals surface area contributed by atoms with Crippen LogP contribution in [0.3, 0.4) is 0 Å². The Labute approximate surface area is 111 Å². The molecule has 0 amide bonds. The molecule has 3 nitrogen and oxygen atoms in total. The molecule has 0 heterocycles. The molecule has 18 heavy (non-hydrogen) atoms. The van der Waals surface area contributed by atoms with E-state index < -0.39 is 0 Å². The third kappa shape index (κ3) is 4.67. The van der Waals surface area contributed by atoms with Crippen molar-refractivity contribution in [3.05, 3.63) is 29.8 Å². The molecule has 102 valence electrons. The van der Waals surface area contributed by atoms with Crippen LogP contribution in [-0.4, -0.2) is 30.1 Å². The van der Waals surface area contributed by atoms with Crippen LogP contribution in [0.4, 0.5) is 0 Å². The summed E-state index contributed by atoms with van der Waals surface area (Å²) in [5.74, 6) is 0.908. The minimum atomic E-state index is 0.545. The van der Waals surface area contributed by atoms with Crippen molar-refractivity contribution in [2.45, 2.75) is 46.3 Å². The Morgan fingerprint density at radius 3 is 2.39 bits per heavy atom. The minimum Gasteiger partial charge on any atom is -0.492 e. The smallest absolute Gasteiger partial charge is 0.119 e. The molecule has 0 spiro atoms. The van der Waals surface area contributed by atoms with Gasteiger partial charge in [0, 0.05) is 25.2 Å². The average molecular weight is 250 g/mol. The Bertz CT molecular complexity index is 342. The van der Waals surface area contributed by atoms with E-state index in [1.165, 1.54) is 0 Å². The fourth-order valence-corrected chi connectivity index (χ4v) is 2.14. The van der Waals surface area contributed by atoms with E-state index in [-0.39, 0.29) is 0 Å².